The van der Waals surface area contributed by atoms with Crippen molar-refractivity contribution in [1.82, 2.24) is 5.32 Å². The van der Waals surface area contributed by atoms with Crippen LogP contribution >= 0.6 is 27.5 Å². The van der Waals surface area contributed by atoms with Gasteiger partial charge in [0.2, 0.25) is 0 Å². The molecule has 2 aromatic carbocycles. The van der Waals surface area contributed by atoms with E-state index >= 15 is 0 Å². The molecule has 6 heteroatoms. The highest BCUT2D eigenvalue weighted by atomic mass is 79.9. The van der Waals surface area contributed by atoms with E-state index in [4.69, 9.17) is 11.6 Å². The van der Waals surface area contributed by atoms with Gasteiger partial charge in [0.25, 0.3) is 11.8 Å². The van der Waals surface area contributed by atoms with Gasteiger partial charge in [0.15, 0.2) is 0 Å². The highest BCUT2D eigenvalue weighted by molar-refractivity contribution is 9.10. The normalized spacial score (nSPS) is 11.0. The summed E-state index contributed by atoms with van der Waals surface area (Å²) in [4.78, 5) is 24.4. The molecule has 0 bridgehead atoms. The zero-order valence-corrected chi connectivity index (χ0v) is 16.0. The van der Waals surface area contributed by atoms with Gasteiger partial charge in [0, 0.05) is 21.3 Å². The van der Waals surface area contributed by atoms with Crippen LogP contribution in [0.4, 0.5) is 5.69 Å². The first-order valence-electron chi connectivity index (χ1n) is 7.35. The van der Waals surface area contributed by atoms with E-state index in [1.807, 2.05) is 20.8 Å². The average molecular weight is 410 g/mol. The van der Waals surface area contributed by atoms with E-state index in [2.05, 4.69) is 26.6 Å². The zero-order chi connectivity index (χ0) is 17.9. The summed E-state index contributed by atoms with van der Waals surface area (Å²) >= 11 is 9.37. The Morgan fingerprint density at radius 1 is 1.00 bits per heavy atom. The molecule has 0 aliphatic rings. The van der Waals surface area contributed by atoms with Gasteiger partial charge in [-0.3, -0.25) is 9.59 Å². The number of carbonyl (C=O) groups excluding carboxylic acids is 2. The number of hydrogen-bond acceptors (Lipinski definition) is 2. The zero-order valence-electron chi connectivity index (χ0n) is 13.6. The number of amides is 2. The third-order valence-electron chi connectivity index (χ3n) is 3.07. The van der Waals surface area contributed by atoms with Crippen molar-refractivity contribution in [2.45, 2.75) is 26.3 Å². The molecule has 0 unspecified atom stereocenters. The quantitative estimate of drug-likeness (QED) is 0.759. The Labute approximate surface area is 154 Å². The first-order valence-corrected chi connectivity index (χ1v) is 8.52. The predicted molar refractivity (Wildman–Crippen MR) is 101 cm³/mol. The van der Waals surface area contributed by atoms with E-state index in [9.17, 15) is 9.59 Å². The van der Waals surface area contributed by atoms with E-state index in [0.717, 1.165) is 4.47 Å². The van der Waals surface area contributed by atoms with E-state index in [-0.39, 0.29) is 17.4 Å². The standard InChI is InChI=1S/C18H18BrClN2O2/c1-18(2,3)22-16(23)11-4-7-13(8-5-11)21-17(24)14-10-12(19)6-9-15(14)20/h4-10H,1-3H3,(H,21,24)(H,22,23). The summed E-state index contributed by atoms with van der Waals surface area (Å²) in [5, 5.41) is 6.02. The van der Waals surface area contributed by atoms with Crippen LogP contribution in [0.1, 0.15) is 41.5 Å². The molecule has 0 radical (unpaired) electrons. The first kappa shape index (κ1) is 18.5. The van der Waals surface area contributed by atoms with Gasteiger partial charge in [-0.1, -0.05) is 27.5 Å². The fraction of sp³-hybridized carbons (Fsp3) is 0.222. The third-order valence-corrected chi connectivity index (χ3v) is 3.89. The molecule has 2 aromatic rings. The molecule has 0 aromatic heterocycles. The van der Waals surface area contributed by atoms with Crippen LogP contribution in [-0.2, 0) is 0 Å². The average Bonchev–Trinajstić information content (AvgIpc) is 2.48. The van der Waals surface area contributed by atoms with Crippen LogP contribution in [0.3, 0.4) is 0 Å². The number of anilines is 1. The minimum Gasteiger partial charge on any atom is -0.347 e. The second kappa shape index (κ2) is 7.36. The smallest absolute Gasteiger partial charge is 0.257 e. The van der Waals surface area contributed by atoms with Gasteiger partial charge in [-0.05, 0) is 63.2 Å². The lowest BCUT2D eigenvalue weighted by Gasteiger charge is -2.20. The van der Waals surface area contributed by atoms with Crippen molar-refractivity contribution in [2.75, 3.05) is 5.32 Å². The van der Waals surface area contributed by atoms with Crippen molar-refractivity contribution in [3.63, 3.8) is 0 Å². The fourth-order valence-electron chi connectivity index (χ4n) is 1.99. The Balaban J connectivity index is 2.10. The van der Waals surface area contributed by atoms with E-state index in [0.29, 0.717) is 21.8 Å². The molecule has 0 atom stereocenters. The summed E-state index contributed by atoms with van der Waals surface area (Å²) in [6, 6.07) is 11.8. The lowest BCUT2D eigenvalue weighted by molar-refractivity contribution is 0.0919. The van der Waals surface area contributed by atoms with Crippen molar-refractivity contribution in [1.29, 1.82) is 0 Å². The summed E-state index contributed by atoms with van der Waals surface area (Å²) in [5.41, 5.74) is 1.19. The van der Waals surface area contributed by atoms with Crippen molar-refractivity contribution in [3.05, 3.63) is 63.1 Å². The molecular formula is C18H18BrClN2O2. The molecule has 0 heterocycles. The highest BCUT2D eigenvalue weighted by Gasteiger charge is 2.15. The third kappa shape index (κ3) is 5.08. The van der Waals surface area contributed by atoms with Gasteiger partial charge in [0.1, 0.15) is 0 Å². The molecule has 2 N–H and O–H groups in total. The summed E-state index contributed by atoms with van der Waals surface area (Å²) in [7, 11) is 0. The maximum atomic E-state index is 12.3. The number of rotatable bonds is 3. The topological polar surface area (TPSA) is 58.2 Å². The lowest BCUT2D eigenvalue weighted by Crippen LogP contribution is -2.40. The van der Waals surface area contributed by atoms with Crippen LogP contribution in [-0.4, -0.2) is 17.4 Å². The summed E-state index contributed by atoms with van der Waals surface area (Å²) in [6.07, 6.45) is 0. The molecule has 0 fully saturated rings. The maximum Gasteiger partial charge on any atom is 0.257 e. The van der Waals surface area contributed by atoms with E-state index < -0.39 is 0 Å². The maximum absolute atomic E-state index is 12.3. The van der Waals surface area contributed by atoms with Crippen molar-refractivity contribution < 1.29 is 9.59 Å². The predicted octanol–water partition coefficient (Wildman–Crippen LogP) is 4.88. The van der Waals surface area contributed by atoms with E-state index in [1.165, 1.54) is 0 Å². The van der Waals surface area contributed by atoms with E-state index in [1.54, 1.807) is 42.5 Å². The largest absolute Gasteiger partial charge is 0.347 e. The molecule has 0 saturated carbocycles. The number of nitrogens with one attached hydrogen (secondary N) is 2. The number of benzene rings is 2. The lowest BCUT2D eigenvalue weighted by atomic mass is 10.1. The van der Waals surface area contributed by atoms with Crippen molar-refractivity contribution in [3.8, 4) is 0 Å². The Bertz CT molecular complexity index is 768. The van der Waals surface area contributed by atoms with Gasteiger partial charge in [-0.15, -0.1) is 0 Å². The molecule has 2 amide bonds. The van der Waals surface area contributed by atoms with Crippen molar-refractivity contribution >= 4 is 45.0 Å². The Kier molecular flexibility index (Phi) is 5.67. The number of carbonyl (C=O) groups is 2. The van der Waals surface area contributed by atoms with Gasteiger partial charge in [-0.2, -0.15) is 0 Å². The monoisotopic (exact) mass is 408 g/mol. The van der Waals surface area contributed by atoms with Gasteiger partial charge < -0.3 is 10.6 Å². The molecule has 0 spiro atoms. The van der Waals surface area contributed by atoms with Gasteiger partial charge in [-0.25, -0.2) is 0 Å². The molecule has 0 saturated heterocycles. The second-order valence-electron chi connectivity index (χ2n) is 6.36. The van der Waals surface area contributed by atoms with Crippen LogP contribution in [0.25, 0.3) is 0 Å². The van der Waals surface area contributed by atoms with Crippen LogP contribution < -0.4 is 10.6 Å². The van der Waals surface area contributed by atoms with Crippen LogP contribution in [0.5, 0.6) is 0 Å². The SMILES string of the molecule is CC(C)(C)NC(=O)c1ccc(NC(=O)c2cc(Br)ccc2Cl)cc1. The minimum absolute atomic E-state index is 0.157. The molecule has 4 nitrogen and oxygen atoms in total. The molecule has 24 heavy (non-hydrogen) atoms. The summed E-state index contributed by atoms with van der Waals surface area (Å²) in [5.74, 6) is -0.469. The first-order chi connectivity index (χ1) is 11.2. The van der Waals surface area contributed by atoms with Gasteiger partial charge in [0.05, 0.1) is 10.6 Å². The molecule has 0 aliphatic heterocycles. The molecule has 126 valence electrons. The van der Waals surface area contributed by atoms with Crippen LogP contribution in [0.15, 0.2) is 46.9 Å². The minimum atomic E-state index is -0.312. The highest BCUT2D eigenvalue weighted by Crippen LogP contribution is 2.22. The van der Waals surface area contributed by atoms with Crippen molar-refractivity contribution in [2.24, 2.45) is 0 Å². The number of halogens is 2. The van der Waals surface area contributed by atoms with Crippen LogP contribution in [0.2, 0.25) is 5.02 Å². The molecular weight excluding hydrogens is 392 g/mol. The summed E-state index contributed by atoms with van der Waals surface area (Å²) < 4.78 is 0.770. The molecule has 2 rings (SSSR count). The molecule has 0 aliphatic carbocycles. The summed E-state index contributed by atoms with van der Waals surface area (Å²) in [6.45, 7) is 5.75. The Morgan fingerprint density at radius 3 is 2.21 bits per heavy atom. The Morgan fingerprint density at radius 2 is 1.62 bits per heavy atom. The Hall–Kier alpha value is -1.85. The number of hydrogen-bond donors (Lipinski definition) is 2. The van der Waals surface area contributed by atoms with Gasteiger partial charge >= 0.3 is 0 Å². The fourth-order valence-corrected chi connectivity index (χ4v) is 2.55. The second-order valence-corrected chi connectivity index (χ2v) is 7.68. The van der Waals surface area contributed by atoms with Crippen LogP contribution in [0, 0.1) is 0 Å².